The number of hydrogen-bond donors (Lipinski definition) is 1. The van der Waals surface area contributed by atoms with Crippen molar-refractivity contribution in [3.8, 4) is 5.75 Å². The number of amides is 1. The molecule has 1 N–H and O–H groups in total. The monoisotopic (exact) mass is 389 g/mol. The van der Waals surface area contributed by atoms with Crippen molar-refractivity contribution < 1.29 is 19.1 Å². The Hall–Kier alpha value is -2.21. The molecule has 5 nitrogen and oxygen atoms in total. The highest BCUT2D eigenvalue weighted by atomic mass is 32.2. The first kappa shape index (κ1) is 21.1. The van der Waals surface area contributed by atoms with E-state index in [9.17, 15) is 9.59 Å². The van der Waals surface area contributed by atoms with E-state index in [1.165, 1.54) is 0 Å². The number of ether oxygens (including phenoxy) is 2. The molecule has 0 heterocycles. The minimum absolute atomic E-state index is 0.179. The second-order valence-electron chi connectivity index (χ2n) is 6.29. The predicted molar refractivity (Wildman–Crippen MR) is 110 cm³/mol. The molecule has 2 aromatic carbocycles. The highest BCUT2D eigenvalue weighted by Crippen LogP contribution is 2.25. The van der Waals surface area contributed by atoms with Crippen molar-refractivity contribution in [3.05, 3.63) is 42.0 Å². The van der Waals surface area contributed by atoms with Crippen LogP contribution >= 0.6 is 11.8 Å². The van der Waals surface area contributed by atoms with Crippen LogP contribution in [0.1, 0.15) is 31.7 Å². The molecule has 0 spiro atoms. The molecule has 2 rings (SSSR count). The van der Waals surface area contributed by atoms with E-state index in [4.69, 9.17) is 9.47 Å². The van der Waals surface area contributed by atoms with E-state index in [1.807, 2.05) is 49.6 Å². The molecule has 0 bridgehead atoms. The normalized spacial score (nSPS) is 13.0. The van der Waals surface area contributed by atoms with Crippen LogP contribution in [0.2, 0.25) is 0 Å². The number of hydrogen-bond acceptors (Lipinski definition) is 5. The number of carbonyl (C=O) groups excluding carboxylic acids is 2. The van der Waals surface area contributed by atoms with Gasteiger partial charge >= 0.3 is 5.97 Å². The van der Waals surface area contributed by atoms with Gasteiger partial charge in [0.15, 0.2) is 0 Å². The van der Waals surface area contributed by atoms with E-state index in [2.05, 4.69) is 5.32 Å². The molecule has 0 aliphatic carbocycles. The fourth-order valence-electron chi connectivity index (χ4n) is 2.81. The Balaban J connectivity index is 2.14. The lowest BCUT2D eigenvalue weighted by molar-refractivity contribution is -0.147. The van der Waals surface area contributed by atoms with Gasteiger partial charge in [-0.05, 0) is 60.7 Å². The number of thioether (sulfide) groups is 1. The van der Waals surface area contributed by atoms with E-state index in [0.717, 1.165) is 27.8 Å². The van der Waals surface area contributed by atoms with Crippen molar-refractivity contribution >= 4 is 34.4 Å². The van der Waals surface area contributed by atoms with Crippen LogP contribution in [0.25, 0.3) is 10.8 Å². The number of carbonyl (C=O) groups is 2. The smallest absolute Gasteiger partial charge is 0.328 e. The van der Waals surface area contributed by atoms with Crippen molar-refractivity contribution in [1.82, 2.24) is 5.32 Å². The Morgan fingerprint density at radius 1 is 1.15 bits per heavy atom. The third kappa shape index (κ3) is 5.63. The van der Waals surface area contributed by atoms with E-state index < -0.39 is 6.04 Å². The molecule has 0 radical (unpaired) electrons. The van der Waals surface area contributed by atoms with E-state index in [-0.39, 0.29) is 17.8 Å². The molecule has 27 heavy (non-hydrogen) atoms. The first-order valence-corrected chi connectivity index (χ1v) is 10.4. The van der Waals surface area contributed by atoms with Crippen LogP contribution in [0, 0.1) is 0 Å². The summed E-state index contributed by atoms with van der Waals surface area (Å²) in [5.41, 5.74) is 0.901. The standard InChI is InChI=1S/C21H27NO4S/c1-5-26-21(24)19(10-11-27-4)22-20(23)14(2)15-6-7-17-13-18(25-3)9-8-16(17)12-15/h6-9,12-14,19H,5,10-11H2,1-4H3,(H,22,23). The maximum atomic E-state index is 12.7. The lowest BCUT2D eigenvalue weighted by Crippen LogP contribution is -2.43. The molecule has 2 unspecified atom stereocenters. The maximum absolute atomic E-state index is 12.7. The van der Waals surface area contributed by atoms with Crippen molar-refractivity contribution in [2.45, 2.75) is 32.2 Å². The molecule has 2 aromatic rings. The number of methoxy groups -OCH3 is 1. The first-order valence-electron chi connectivity index (χ1n) is 9.03. The Bertz CT molecular complexity index is 793. The van der Waals surface area contributed by atoms with Gasteiger partial charge in [-0.3, -0.25) is 4.79 Å². The summed E-state index contributed by atoms with van der Waals surface area (Å²) in [5.74, 6) is 0.644. The fourth-order valence-corrected chi connectivity index (χ4v) is 3.29. The number of benzene rings is 2. The summed E-state index contributed by atoms with van der Waals surface area (Å²) < 4.78 is 10.3. The average Bonchev–Trinajstić information content (AvgIpc) is 2.69. The molecule has 0 aromatic heterocycles. The van der Waals surface area contributed by atoms with Gasteiger partial charge in [-0.1, -0.05) is 24.3 Å². The van der Waals surface area contributed by atoms with E-state index in [1.54, 1.807) is 25.8 Å². The van der Waals surface area contributed by atoms with Crippen LogP contribution in [0.5, 0.6) is 5.75 Å². The van der Waals surface area contributed by atoms with Crippen LogP contribution < -0.4 is 10.1 Å². The van der Waals surface area contributed by atoms with Gasteiger partial charge in [0.25, 0.3) is 0 Å². The van der Waals surface area contributed by atoms with Gasteiger partial charge in [-0.2, -0.15) is 11.8 Å². The molecule has 0 fully saturated rings. The number of nitrogens with one attached hydrogen (secondary N) is 1. The summed E-state index contributed by atoms with van der Waals surface area (Å²) >= 11 is 1.63. The topological polar surface area (TPSA) is 64.6 Å². The van der Waals surface area contributed by atoms with Crippen molar-refractivity contribution in [2.75, 3.05) is 25.7 Å². The minimum atomic E-state index is -0.614. The molecule has 0 saturated heterocycles. The van der Waals surface area contributed by atoms with Gasteiger partial charge in [0.05, 0.1) is 19.6 Å². The lowest BCUT2D eigenvalue weighted by Gasteiger charge is -2.20. The average molecular weight is 390 g/mol. The number of fused-ring (bicyclic) bond motifs is 1. The van der Waals surface area contributed by atoms with Gasteiger partial charge in [-0.15, -0.1) is 0 Å². The van der Waals surface area contributed by atoms with Crippen LogP contribution in [0.3, 0.4) is 0 Å². The Labute approximate surface area is 164 Å². The predicted octanol–water partition coefficient (Wildman–Crippen LogP) is 3.75. The van der Waals surface area contributed by atoms with Gasteiger partial charge in [0.1, 0.15) is 11.8 Å². The molecule has 1 amide bonds. The summed E-state index contributed by atoms with van der Waals surface area (Å²) in [6.45, 7) is 3.91. The molecule has 6 heteroatoms. The Morgan fingerprint density at radius 2 is 1.85 bits per heavy atom. The zero-order chi connectivity index (χ0) is 19.8. The third-order valence-electron chi connectivity index (χ3n) is 4.46. The summed E-state index contributed by atoms with van der Waals surface area (Å²) in [6.07, 6.45) is 2.52. The van der Waals surface area contributed by atoms with Crippen LogP contribution in [0.4, 0.5) is 0 Å². The number of rotatable bonds is 9. The first-order chi connectivity index (χ1) is 13.0. The van der Waals surface area contributed by atoms with E-state index >= 15 is 0 Å². The molecule has 0 aliphatic rings. The molecule has 0 aliphatic heterocycles. The number of esters is 1. The quantitative estimate of drug-likeness (QED) is 0.662. The minimum Gasteiger partial charge on any atom is -0.497 e. The summed E-state index contributed by atoms with van der Waals surface area (Å²) in [5, 5.41) is 4.94. The second kappa shape index (κ2) is 10.2. The van der Waals surface area contributed by atoms with Crippen molar-refractivity contribution in [1.29, 1.82) is 0 Å². The highest BCUT2D eigenvalue weighted by Gasteiger charge is 2.25. The largest absolute Gasteiger partial charge is 0.497 e. The zero-order valence-electron chi connectivity index (χ0n) is 16.3. The zero-order valence-corrected chi connectivity index (χ0v) is 17.1. The van der Waals surface area contributed by atoms with Crippen LogP contribution in [-0.2, 0) is 14.3 Å². The maximum Gasteiger partial charge on any atom is 0.328 e. The van der Waals surface area contributed by atoms with Crippen molar-refractivity contribution in [3.63, 3.8) is 0 Å². The van der Waals surface area contributed by atoms with Gasteiger partial charge < -0.3 is 14.8 Å². The summed E-state index contributed by atoms with van der Waals surface area (Å²) in [6, 6.07) is 11.1. The second-order valence-corrected chi connectivity index (χ2v) is 7.27. The lowest BCUT2D eigenvalue weighted by atomic mass is 9.96. The highest BCUT2D eigenvalue weighted by molar-refractivity contribution is 7.98. The molecule has 2 atom stereocenters. The third-order valence-corrected chi connectivity index (χ3v) is 5.11. The molecular formula is C21H27NO4S. The summed E-state index contributed by atoms with van der Waals surface area (Å²) in [7, 11) is 1.64. The van der Waals surface area contributed by atoms with Gasteiger partial charge in [-0.25, -0.2) is 4.79 Å². The Kier molecular flexibility index (Phi) is 7.98. The summed E-state index contributed by atoms with van der Waals surface area (Å²) in [4.78, 5) is 24.8. The Morgan fingerprint density at radius 3 is 2.52 bits per heavy atom. The molecular weight excluding hydrogens is 362 g/mol. The van der Waals surface area contributed by atoms with Gasteiger partial charge in [0, 0.05) is 0 Å². The van der Waals surface area contributed by atoms with Crippen LogP contribution in [-0.4, -0.2) is 43.6 Å². The van der Waals surface area contributed by atoms with Crippen molar-refractivity contribution in [2.24, 2.45) is 0 Å². The fraction of sp³-hybridized carbons (Fsp3) is 0.429. The molecule has 146 valence electrons. The van der Waals surface area contributed by atoms with E-state index in [0.29, 0.717) is 13.0 Å². The molecule has 0 saturated carbocycles. The van der Waals surface area contributed by atoms with Gasteiger partial charge in [0.2, 0.25) is 5.91 Å². The van der Waals surface area contributed by atoms with Crippen LogP contribution in [0.15, 0.2) is 36.4 Å². The SMILES string of the molecule is CCOC(=O)C(CCSC)NC(=O)C(C)c1ccc2cc(OC)ccc2c1.